The quantitative estimate of drug-likeness (QED) is 0.512. The van der Waals surface area contributed by atoms with E-state index < -0.39 is 17.3 Å². The number of nitrogens with one attached hydrogen (secondary N) is 2. The van der Waals surface area contributed by atoms with Gasteiger partial charge in [0.1, 0.15) is 17.3 Å². The monoisotopic (exact) mass is 460 g/mol. The van der Waals surface area contributed by atoms with Crippen LogP contribution in [0, 0.1) is 0 Å². The molecule has 174 valence electrons. The van der Waals surface area contributed by atoms with Crippen molar-refractivity contribution >= 4 is 5.91 Å². The molecule has 0 aliphatic rings. The molecule has 1 aromatic heterocycles. The molecule has 0 saturated carbocycles. The highest BCUT2D eigenvalue weighted by atomic mass is 19.4. The van der Waals surface area contributed by atoms with Gasteiger partial charge >= 0.3 is 6.18 Å². The van der Waals surface area contributed by atoms with Crippen molar-refractivity contribution in [3.8, 4) is 5.75 Å². The van der Waals surface area contributed by atoms with E-state index in [9.17, 15) is 22.8 Å². The minimum Gasteiger partial charge on any atom is -0.497 e. The number of carbonyl (C=O) groups excluding carboxylic acids is 1. The maximum atomic E-state index is 12.8. The fourth-order valence-corrected chi connectivity index (χ4v) is 3.15. The van der Waals surface area contributed by atoms with E-state index in [4.69, 9.17) is 4.74 Å². The number of amides is 1. The second kappa shape index (κ2) is 10.8. The minimum atomic E-state index is -4.45. The number of aromatic amines is 1. The topological polar surface area (TPSA) is 97.0 Å². The van der Waals surface area contributed by atoms with Crippen LogP contribution in [-0.2, 0) is 30.2 Å². The van der Waals surface area contributed by atoms with Crippen LogP contribution in [0.15, 0.2) is 53.3 Å². The SMILES string of the molecule is COc1ccc(CCNC(=O)CCc2nnc(Cc3cccc(C(F)(F)F)c3)[nH]c2=O)cc1. The number of H-pyrrole nitrogens is 1. The normalized spacial score (nSPS) is 11.3. The molecule has 0 aliphatic heterocycles. The van der Waals surface area contributed by atoms with Crippen LogP contribution in [0.4, 0.5) is 13.2 Å². The summed E-state index contributed by atoms with van der Waals surface area (Å²) >= 11 is 0. The van der Waals surface area contributed by atoms with Gasteiger partial charge in [0.2, 0.25) is 5.91 Å². The van der Waals surface area contributed by atoms with Crippen LogP contribution in [0.3, 0.4) is 0 Å². The maximum Gasteiger partial charge on any atom is 0.416 e. The van der Waals surface area contributed by atoms with E-state index in [-0.39, 0.29) is 36.7 Å². The number of aryl methyl sites for hydroxylation is 1. The molecule has 1 amide bonds. The highest BCUT2D eigenvalue weighted by Gasteiger charge is 2.30. The van der Waals surface area contributed by atoms with Crippen molar-refractivity contribution in [2.45, 2.75) is 31.9 Å². The third-order valence-corrected chi connectivity index (χ3v) is 4.92. The van der Waals surface area contributed by atoms with Gasteiger partial charge in [-0.3, -0.25) is 9.59 Å². The summed E-state index contributed by atoms with van der Waals surface area (Å²) in [5, 5.41) is 10.5. The van der Waals surface area contributed by atoms with Crippen molar-refractivity contribution in [3.05, 3.63) is 87.1 Å². The Morgan fingerprint density at radius 1 is 1.06 bits per heavy atom. The van der Waals surface area contributed by atoms with Crippen molar-refractivity contribution in [2.75, 3.05) is 13.7 Å². The zero-order valence-electron chi connectivity index (χ0n) is 17.9. The van der Waals surface area contributed by atoms with E-state index in [1.165, 1.54) is 12.1 Å². The molecule has 33 heavy (non-hydrogen) atoms. The Bertz CT molecular complexity index is 1140. The summed E-state index contributed by atoms with van der Waals surface area (Å²) < 4.78 is 43.6. The van der Waals surface area contributed by atoms with Gasteiger partial charge in [-0.2, -0.15) is 13.2 Å². The number of nitrogens with zero attached hydrogens (tertiary/aromatic N) is 2. The second-order valence-electron chi connectivity index (χ2n) is 7.37. The van der Waals surface area contributed by atoms with E-state index in [1.54, 1.807) is 7.11 Å². The van der Waals surface area contributed by atoms with E-state index in [1.807, 2.05) is 24.3 Å². The molecular formula is C23H23F3N4O3. The predicted molar refractivity (Wildman–Crippen MR) is 115 cm³/mol. The molecule has 10 heteroatoms. The number of rotatable bonds is 9. The lowest BCUT2D eigenvalue weighted by Crippen LogP contribution is -2.27. The first-order chi connectivity index (χ1) is 15.7. The van der Waals surface area contributed by atoms with Gasteiger partial charge in [-0.05, 0) is 35.7 Å². The van der Waals surface area contributed by atoms with Crippen LogP contribution < -0.4 is 15.6 Å². The van der Waals surface area contributed by atoms with Crippen LogP contribution in [0.2, 0.25) is 0 Å². The maximum absolute atomic E-state index is 12.8. The average molecular weight is 460 g/mol. The number of carbonyl (C=O) groups is 1. The smallest absolute Gasteiger partial charge is 0.416 e. The summed E-state index contributed by atoms with van der Waals surface area (Å²) in [5.41, 5.74) is 0.199. The second-order valence-corrected chi connectivity index (χ2v) is 7.37. The Balaban J connectivity index is 1.49. The van der Waals surface area contributed by atoms with Gasteiger partial charge in [0.05, 0.1) is 12.7 Å². The van der Waals surface area contributed by atoms with E-state index >= 15 is 0 Å². The third kappa shape index (κ3) is 7.16. The number of halogens is 3. The number of hydrogen-bond acceptors (Lipinski definition) is 5. The Kier molecular flexibility index (Phi) is 7.81. The molecule has 0 bridgehead atoms. The largest absolute Gasteiger partial charge is 0.497 e. The molecule has 2 N–H and O–H groups in total. The molecule has 2 aromatic carbocycles. The summed E-state index contributed by atoms with van der Waals surface area (Å²) in [6.45, 7) is 0.448. The Morgan fingerprint density at radius 3 is 2.48 bits per heavy atom. The molecule has 0 spiro atoms. The van der Waals surface area contributed by atoms with Crippen LogP contribution in [0.5, 0.6) is 5.75 Å². The van der Waals surface area contributed by atoms with Gasteiger partial charge in [0, 0.05) is 25.8 Å². The lowest BCUT2D eigenvalue weighted by molar-refractivity contribution is -0.137. The molecule has 3 aromatic rings. The standard InChI is InChI=1S/C23H23F3N4O3/c1-33-18-7-5-15(6-8-18)11-12-27-21(31)10-9-19-22(32)28-20(30-29-19)14-16-3-2-4-17(13-16)23(24,25)26/h2-8,13H,9-12,14H2,1H3,(H,27,31)(H,28,30,32). The molecule has 0 fully saturated rings. The number of alkyl halides is 3. The first kappa shape index (κ1) is 24.0. The van der Waals surface area contributed by atoms with Crippen molar-refractivity contribution in [3.63, 3.8) is 0 Å². The van der Waals surface area contributed by atoms with Crippen molar-refractivity contribution in [2.24, 2.45) is 0 Å². The van der Waals surface area contributed by atoms with Crippen molar-refractivity contribution < 1.29 is 22.7 Å². The summed E-state index contributed by atoms with van der Waals surface area (Å²) in [5.74, 6) is 0.680. The van der Waals surface area contributed by atoms with Crippen LogP contribution >= 0.6 is 0 Å². The lowest BCUT2D eigenvalue weighted by Gasteiger charge is -2.08. The van der Waals surface area contributed by atoms with Gasteiger partial charge < -0.3 is 15.0 Å². The third-order valence-electron chi connectivity index (χ3n) is 4.92. The Morgan fingerprint density at radius 2 is 1.82 bits per heavy atom. The van der Waals surface area contributed by atoms with Crippen molar-refractivity contribution in [1.29, 1.82) is 0 Å². The molecular weight excluding hydrogens is 437 g/mol. The molecule has 0 atom stereocenters. The van der Waals surface area contributed by atoms with Gasteiger partial charge in [-0.1, -0.05) is 30.3 Å². The minimum absolute atomic E-state index is 0.00170. The van der Waals surface area contributed by atoms with E-state index in [0.29, 0.717) is 18.5 Å². The fourth-order valence-electron chi connectivity index (χ4n) is 3.15. The first-order valence-electron chi connectivity index (χ1n) is 10.2. The van der Waals surface area contributed by atoms with Crippen molar-refractivity contribution in [1.82, 2.24) is 20.5 Å². The van der Waals surface area contributed by atoms with Gasteiger partial charge in [0.15, 0.2) is 0 Å². The first-order valence-corrected chi connectivity index (χ1v) is 10.2. The summed E-state index contributed by atoms with van der Waals surface area (Å²) in [7, 11) is 1.59. The number of benzene rings is 2. The highest BCUT2D eigenvalue weighted by Crippen LogP contribution is 2.29. The van der Waals surface area contributed by atoms with E-state index in [0.717, 1.165) is 23.4 Å². The molecule has 1 heterocycles. The Hall–Kier alpha value is -3.69. The summed E-state index contributed by atoms with van der Waals surface area (Å²) in [6.07, 6.45) is -3.64. The van der Waals surface area contributed by atoms with Crippen LogP contribution in [0.1, 0.15) is 34.6 Å². The van der Waals surface area contributed by atoms with Gasteiger partial charge in [-0.25, -0.2) is 0 Å². The number of hydrogen-bond donors (Lipinski definition) is 2. The molecule has 0 unspecified atom stereocenters. The molecule has 3 rings (SSSR count). The lowest BCUT2D eigenvalue weighted by atomic mass is 10.1. The highest BCUT2D eigenvalue weighted by molar-refractivity contribution is 5.76. The molecule has 0 radical (unpaired) electrons. The number of methoxy groups -OCH3 is 1. The van der Waals surface area contributed by atoms with Gasteiger partial charge in [0.25, 0.3) is 5.56 Å². The zero-order chi connectivity index (χ0) is 23.8. The van der Waals surface area contributed by atoms with Crippen LogP contribution in [0.25, 0.3) is 0 Å². The number of aromatic nitrogens is 3. The molecule has 7 nitrogen and oxygen atoms in total. The summed E-state index contributed by atoms with van der Waals surface area (Å²) in [4.78, 5) is 26.8. The average Bonchev–Trinajstić information content (AvgIpc) is 2.78. The predicted octanol–water partition coefficient (Wildman–Crippen LogP) is 3.07. The van der Waals surface area contributed by atoms with Crippen LogP contribution in [-0.4, -0.2) is 34.7 Å². The molecule has 0 aliphatic carbocycles. The summed E-state index contributed by atoms with van der Waals surface area (Å²) in [6, 6.07) is 12.3. The fraction of sp³-hybridized carbons (Fsp3) is 0.304. The number of ether oxygens (including phenoxy) is 1. The van der Waals surface area contributed by atoms with E-state index in [2.05, 4.69) is 20.5 Å². The molecule has 0 saturated heterocycles. The Labute approximate surface area is 188 Å². The zero-order valence-corrected chi connectivity index (χ0v) is 17.9. The van der Waals surface area contributed by atoms with Gasteiger partial charge in [-0.15, -0.1) is 10.2 Å².